The van der Waals surface area contributed by atoms with E-state index in [1.54, 1.807) is 14.0 Å². The van der Waals surface area contributed by atoms with Gasteiger partial charge in [0.05, 0.1) is 30.7 Å². The van der Waals surface area contributed by atoms with Crippen LogP contribution in [0.1, 0.15) is 51.7 Å². The lowest BCUT2D eigenvalue weighted by atomic mass is 10.1. The summed E-state index contributed by atoms with van der Waals surface area (Å²) in [6.07, 6.45) is 10.1. The van der Waals surface area contributed by atoms with Crippen molar-refractivity contribution in [1.82, 2.24) is 9.97 Å². The number of nitro groups is 1. The molecule has 1 aromatic heterocycles. The Hall–Kier alpha value is -3.38. The Labute approximate surface area is 238 Å². The maximum Gasteiger partial charge on any atom is 0.415 e. The summed E-state index contributed by atoms with van der Waals surface area (Å²) >= 11 is 0. The predicted molar refractivity (Wildman–Crippen MR) is 163 cm³/mol. The van der Waals surface area contributed by atoms with Crippen LogP contribution in [0.3, 0.4) is 0 Å². The van der Waals surface area contributed by atoms with Crippen LogP contribution in [-0.4, -0.2) is 64.5 Å². The third kappa shape index (κ3) is 7.85. The molecule has 40 heavy (non-hydrogen) atoms. The van der Waals surface area contributed by atoms with E-state index in [-0.39, 0.29) is 41.5 Å². The number of hydrogen-bond acceptors (Lipinski definition) is 9. The minimum Gasteiger partial charge on any atom is -0.449 e. The lowest BCUT2D eigenvalue weighted by Crippen LogP contribution is -2.34. The lowest BCUT2D eigenvalue weighted by molar-refractivity contribution is -0.383. The molecule has 0 radical (unpaired) electrons. The molecule has 220 valence electrons. The van der Waals surface area contributed by atoms with Gasteiger partial charge in [-0.3, -0.25) is 15.0 Å². The molecule has 1 aliphatic heterocycles. The van der Waals surface area contributed by atoms with E-state index < -0.39 is 27.0 Å². The van der Waals surface area contributed by atoms with Crippen LogP contribution in [-0.2, 0) is 21.9 Å². The molecule has 1 aromatic carbocycles. The first-order chi connectivity index (χ1) is 18.9. The Morgan fingerprint density at radius 2 is 1.98 bits per heavy atom. The molecule has 1 atom stereocenters. The number of aromatic nitrogens is 2. The Bertz CT molecular complexity index is 1230. The molecule has 0 fully saturated rings. The van der Waals surface area contributed by atoms with Gasteiger partial charge in [0, 0.05) is 11.8 Å². The van der Waals surface area contributed by atoms with E-state index in [1.807, 2.05) is 24.3 Å². The van der Waals surface area contributed by atoms with Gasteiger partial charge >= 0.3 is 11.8 Å². The number of nitrogens with zero attached hydrogens (tertiary/aromatic N) is 4. The Balaban J connectivity index is 2.14. The number of amides is 1. The number of nitrogens with one attached hydrogen (secondary N) is 2. The quantitative estimate of drug-likeness (QED) is 0.240. The van der Waals surface area contributed by atoms with Crippen molar-refractivity contribution in [3.8, 4) is 0 Å². The van der Waals surface area contributed by atoms with Crippen molar-refractivity contribution in [2.45, 2.75) is 64.3 Å². The van der Waals surface area contributed by atoms with Crippen molar-refractivity contribution in [2.24, 2.45) is 0 Å². The van der Waals surface area contributed by atoms with E-state index in [4.69, 9.17) is 8.92 Å². The molecule has 3 rings (SSSR count). The smallest absolute Gasteiger partial charge is 0.415 e. The highest BCUT2D eigenvalue weighted by molar-refractivity contribution is 8.29. The fourth-order valence-electron chi connectivity index (χ4n) is 3.95. The molecule has 4 bridgehead atoms. The van der Waals surface area contributed by atoms with Crippen molar-refractivity contribution in [3.05, 3.63) is 57.7 Å². The zero-order chi connectivity index (χ0) is 29.5. The van der Waals surface area contributed by atoms with Crippen molar-refractivity contribution in [2.75, 3.05) is 48.3 Å². The van der Waals surface area contributed by atoms with Crippen LogP contribution < -0.4 is 15.5 Å². The molecule has 2 heterocycles. The predicted octanol–water partition coefficient (Wildman–Crippen LogP) is 6.06. The molecule has 0 saturated heterocycles. The van der Waals surface area contributed by atoms with Crippen LogP contribution in [0.15, 0.2) is 36.4 Å². The maximum absolute atomic E-state index is 13.2. The number of rotatable bonds is 6. The van der Waals surface area contributed by atoms with Crippen molar-refractivity contribution >= 4 is 39.7 Å². The number of benzene rings is 1. The van der Waals surface area contributed by atoms with Gasteiger partial charge in [-0.25, -0.2) is 4.79 Å². The van der Waals surface area contributed by atoms with Gasteiger partial charge in [0.2, 0.25) is 17.6 Å². The molecule has 11 nitrogen and oxygen atoms in total. The lowest BCUT2D eigenvalue weighted by Gasteiger charge is -2.44. The summed E-state index contributed by atoms with van der Waals surface area (Å²) in [6.45, 7) is 8.72. The minimum atomic E-state index is -1.39. The second-order valence-corrected chi connectivity index (χ2v) is 14.8. The van der Waals surface area contributed by atoms with Crippen LogP contribution >= 0.6 is 10.3 Å². The van der Waals surface area contributed by atoms with E-state index in [0.717, 1.165) is 30.4 Å². The van der Waals surface area contributed by atoms with E-state index in [2.05, 4.69) is 66.0 Å². The van der Waals surface area contributed by atoms with E-state index in [1.165, 1.54) is 4.90 Å². The molecule has 1 unspecified atom stereocenters. The summed E-state index contributed by atoms with van der Waals surface area (Å²) in [4.78, 5) is 35.0. The highest BCUT2D eigenvalue weighted by atomic mass is 32.3. The normalized spacial score (nSPS) is 17.6. The molecule has 0 aliphatic carbocycles. The maximum atomic E-state index is 13.2. The zero-order valence-electron chi connectivity index (χ0n) is 24.5. The van der Waals surface area contributed by atoms with Gasteiger partial charge < -0.3 is 19.6 Å². The monoisotopic (exact) mass is 574 g/mol. The highest BCUT2D eigenvalue weighted by Gasteiger charge is 2.34. The Kier molecular flexibility index (Phi) is 10.4. The number of hydrogen-bond donors (Lipinski definition) is 2. The van der Waals surface area contributed by atoms with Gasteiger partial charge in [-0.15, -0.1) is 10.3 Å². The number of carbonyl (C=O) groups excluding carboxylic acids is 1. The van der Waals surface area contributed by atoms with Gasteiger partial charge in [0.1, 0.15) is 0 Å². The van der Waals surface area contributed by atoms with Gasteiger partial charge in [-0.2, -0.15) is 9.97 Å². The standard InChI is InChI=1S/C28H42N6O5S/c1-8-38-27(35)33-18-21-15-12-14-20(17-21)13-10-9-11-16-22(19-39-40(6,7)28(2,3)4)30-26-31-24(29-5)23(34(36)37)25(33)32-26/h9-10,12,14-15,17,22H,8,11,13,16,18-19H2,1-7H3,(H2,29,30,31,32)/b10-9+. The molecule has 1 aliphatic rings. The molecule has 12 heteroatoms. The van der Waals surface area contributed by atoms with Gasteiger partial charge in [0.15, 0.2) is 0 Å². The Morgan fingerprint density at radius 3 is 2.62 bits per heavy atom. The molecule has 2 aromatic rings. The largest absolute Gasteiger partial charge is 0.449 e. The molecule has 1 amide bonds. The SMILES string of the molecule is CCOC(=O)N1Cc2cccc(c2)C/C=C/CCC(COS(C)(C)C(C)(C)C)Nc2nc(NC)c([N+](=O)[O-])c1n2. The summed E-state index contributed by atoms with van der Waals surface area (Å²) in [5.41, 5.74) is 1.45. The van der Waals surface area contributed by atoms with Crippen LogP contribution in [0.5, 0.6) is 0 Å². The number of fused-ring (bicyclic) bond motifs is 4. The van der Waals surface area contributed by atoms with Gasteiger partial charge in [-0.1, -0.05) is 57.2 Å². The highest BCUT2D eigenvalue weighted by Crippen LogP contribution is 2.53. The van der Waals surface area contributed by atoms with Crippen LogP contribution in [0.4, 0.5) is 28.1 Å². The zero-order valence-corrected chi connectivity index (χ0v) is 25.3. The summed E-state index contributed by atoms with van der Waals surface area (Å²) in [5.74, 6) is -0.00175. The summed E-state index contributed by atoms with van der Waals surface area (Å²) in [5, 5.41) is 18.4. The summed E-state index contributed by atoms with van der Waals surface area (Å²) < 4.78 is 11.8. The van der Waals surface area contributed by atoms with E-state index >= 15 is 0 Å². The third-order valence-corrected chi connectivity index (χ3v) is 10.6. The molecule has 0 saturated carbocycles. The number of anilines is 3. The second-order valence-electron chi connectivity index (χ2n) is 10.9. The molecular formula is C28H42N6O5S. The fraction of sp³-hybridized carbons (Fsp3) is 0.536. The summed E-state index contributed by atoms with van der Waals surface area (Å²) in [6, 6.07) is 7.60. The molecule has 2 N–H and O–H groups in total. The van der Waals surface area contributed by atoms with Gasteiger partial charge in [-0.05, 0) is 49.8 Å². The van der Waals surface area contributed by atoms with Crippen LogP contribution in [0.25, 0.3) is 0 Å². The Morgan fingerprint density at radius 1 is 1.25 bits per heavy atom. The van der Waals surface area contributed by atoms with Gasteiger partial charge in [0.25, 0.3) is 0 Å². The van der Waals surface area contributed by atoms with E-state index in [9.17, 15) is 14.9 Å². The fourth-order valence-corrected chi connectivity index (χ4v) is 4.80. The first kappa shape index (κ1) is 31.2. The first-order valence-corrected chi connectivity index (χ1v) is 15.8. The van der Waals surface area contributed by atoms with Crippen LogP contribution in [0, 0.1) is 10.1 Å². The third-order valence-electron chi connectivity index (χ3n) is 6.93. The molecule has 0 spiro atoms. The number of allylic oxidation sites excluding steroid dienone is 2. The molecular weight excluding hydrogens is 532 g/mol. The summed E-state index contributed by atoms with van der Waals surface area (Å²) in [7, 11) is 0.155. The topological polar surface area (TPSA) is 132 Å². The van der Waals surface area contributed by atoms with Crippen molar-refractivity contribution in [3.63, 3.8) is 0 Å². The first-order valence-electron chi connectivity index (χ1n) is 13.4. The average Bonchev–Trinajstić information content (AvgIpc) is 2.88. The number of carbonyl (C=O) groups is 1. The number of ether oxygens (including phenoxy) is 1. The van der Waals surface area contributed by atoms with Crippen molar-refractivity contribution in [1.29, 1.82) is 0 Å². The van der Waals surface area contributed by atoms with Crippen LogP contribution in [0.2, 0.25) is 0 Å². The van der Waals surface area contributed by atoms with E-state index in [0.29, 0.717) is 6.61 Å². The second kappa shape index (κ2) is 13.3. The van der Waals surface area contributed by atoms with Crippen molar-refractivity contribution < 1.29 is 18.6 Å². The average molecular weight is 575 g/mol. The minimum absolute atomic E-state index is 0.00919.